The van der Waals surface area contributed by atoms with Crippen LogP contribution in [0.15, 0.2) is 47.4 Å². The second-order valence-electron chi connectivity index (χ2n) is 8.62. The molecular formula is C23H31N3O3S. The number of hydrogen-bond donors (Lipinski definition) is 1. The van der Waals surface area contributed by atoms with Gasteiger partial charge >= 0.3 is 0 Å². The van der Waals surface area contributed by atoms with E-state index in [1.165, 1.54) is 23.6 Å². The average Bonchev–Trinajstić information content (AvgIpc) is 2.75. The van der Waals surface area contributed by atoms with Crippen molar-refractivity contribution in [2.24, 2.45) is 5.92 Å². The molecule has 0 bridgehead atoms. The third-order valence-corrected chi connectivity index (χ3v) is 8.41. The number of nitrogens with zero attached hydrogens (tertiary/aromatic N) is 2. The molecule has 30 heavy (non-hydrogen) atoms. The first-order valence-corrected chi connectivity index (χ1v) is 12.4. The Balaban J connectivity index is 1.33. The zero-order valence-corrected chi connectivity index (χ0v) is 18.4. The van der Waals surface area contributed by atoms with Gasteiger partial charge < -0.3 is 5.32 Å². The van der Waals surface area contributed by atoms with Gasteiger partial charge in [-0.3, -0.25) is 9.69 Å². The Morgan fingerprint density at radius 2 is 1.70 bits per heavy atom. The number of carbonyl (C=O) groups is 1. The Labute approximate surface area is 179 Å². The van der Waals surface area contributed by atoms with Gasteiger partial charge in [0.15, 0.2) is 0 Å². The van der Waals surface area contributed by atoms with Crippen molar-refractivity contribution in [3.8, 4) is 0 Å². The summed E-state index contributed by atoms with van der Waals surface area (Å²) in [7, 11) is -3.53. The van der Waals surface area contributed by atoms with E-state index in [9.17, 15) is 13.2 Å². The van der Waals surface area contributed by atoms with Gasteiger partial charge in [0, 0.05) is 32.2 Å². The van der Waals surface area contributed by atoms with E-state index < -0.39 is 10.0 Å². The van der Waals surface area contributed by atoms with E-state index in [0.717, 1.165) is 17.2 Å². The van der Waals surface area contributed by atoms with Crippen LogP contribution in [-0.2, 0) is 14.8 Å². The fourth-order valence-corrected chi connectivity index (χ4v) is 6.05. The lowest BCUT2D eigenvalue weighted by Crippen LogP contribution is -2.52. The van der Waals surface area contributed by atoms with Crippen LogP contribution in [0, 0.1) is 5.92 Å². The van der Waals surface area contributed by atoms with Crippen LogP contribution in [0.3, 0.4) is 0 Å². The molecule has 1 saturated heterocycles. The summed E-state index contributed by atoms with van der Waals surface area (Å²) in [5, 5.41) is 5.14. The monoisotopic (exact) mass is 429 g/mol. The molecular weight excluding hydrogens is 398 g/mol. The van der Waals surface area contributed by atoms with Crippen molar-refractivity contribution < 1.29 is 13.2 Å². The number of sulfonamides is 1. The van der Waals surface area contributed by atoms with Crippen molar-refractivity contribution in [1.82, 2.24) is 14.5 Å². The second kappa shape index (κ2) is 9.04. The van der Waals surface area contributed by atoms with Crippen molar-refractivity contribution >= 4 is 26.7 Å². The SMILES string of the molecule is C[C@H]1CCCC[C@H]1NC(=O)CN1CCN(S(=O)(=O)c2ccc3ccccc3c2)CC1. The van der Waals surface area contributed by atoms with E-state index in [2.05, 4.69) is 17.1 Å². The smallest absolute Gasteiger partial charge is 0.243 e. The molecule has 2 aliphatic rings. The standard InChI is InChI=1S/C23H31N3O3S/c1-18-6-2-5-9-22(18)24-23(27)17-25-12-14-26(15-13-25)30(28,29)21-11-10-19-7-3-4-8-20(19)16-21/h3-4,7-8,10-11,16,18,22H,2,5-6,9,12-15,17H2,1H3,(H,24,27)/t18-,22+/m0/s1. The fourth-order valence-electron chi connectivity index (χ4n) is 4.59. The molecule has 0 radical (unpaired) electrons. The maximum absolute atomic E-state index is 13.1. The minimum absolute atomic E-state index is 0.0552. The Morgan fingerprint density at radius 1 is 1.00 bits per heavy atom. The minimum Gasteiger partial charge on any atom is -0.352 e. The molecule has 2 aromatic carbocycles. The summed E-state index contributed by atoms with van der Waals surface area (Å²) in [6, 6.07) is 13.3. The first kappa shape index (κ1) is 21.3. The van der Waals surface area contributed by atoms with Crippen LogP contribution < -0.4 is 5.32 Å². The number of amides is 1. The molecule has 2 aromatic rings. The van der Waals surface area contributed by atoms with E-state index in [0.29, 0.717) is 43.5 Å². The molecule has 0 aromatic heterocycles. The largest absolute Gasteiger partial charge is 0.352 e. The second-order valence-corrected chi connectivity index (χ2v) is 10.6. The van der Waals surface area contributed by atoms with Gasteiger partial charge in [0.1, 0.15) is 0 Å². The number of rotatable bonds is 5. The number of piperazine rings is 1. The number of carbonyl (C=O) groups excluding carboxylic acids is 1. The third kappa shape index (κ3) is 4.68. The Kier molecular flexibility index (Phi) is 6.41. The number of fused-ring (bicyclic) bond motifs is 1. The molecule has 6 nitrogen and oxygen atoms in total. The van der Waals surface area contributed by atoms with Crippen molar-refractivity contribution in [1.29, 1.82) is 0 Å². The van der Waals surface area contributed by atoms with Gasteiger partial charge in [-0.1, -0.05) is 50.1 Å². The molecule has 1 aliphatic heterocycles. The quantitative estimate of drug-likeness (QED) is 0.794. The van der Waals surface area contributed by atoms with Crippen LogP contribution in [0.4, 0.5) is 0 Å². The first-order valence-electron chi connectivity index (χ1n) is 10.9. The highest BCUT2D eigenvalue weighted by molar-refractivity contribution is 7.89. The molecule has 0 unspecified atom stereocenters. The summed E-state index contributed by atoms with van der Waals surface area (Å²) in [6.07, 6.45) is 4.67. The maximum atomic E-state index is 13.1. The predicted molar refractivity (Wildman–Crippen MR) is 119 cm³/mol. The molecule has 2 atom stereocenters. The predicted octanol–water partition coefficient (Wildman–Crippen LogP) is 2.84. The Morgan fingerprint density at radius 3 is 2.43 bits per heavy atom. The summed E-state index contributed by atoms with van der Waals surface area (Å²) in [6.45, 7) is 4.50. The summed E-state index contributed by atoms with van der Waals surface area (Å²) in [4.78, 5) is 14.8. The van der Waals surface area contributed by atoms with E-state index in [1.54, 1.807) is 12.1 Å². The Hall–Kier alpha value is -1.96. The molecule has 1 heterocycles. The zero-order chi connectivity index (χ0) is 21.1. The highest BCUT2D eigenvalue weighted by Crippen LogP contribution is 2.24. The number of benzene rings is 2. The van der Waals surface area contributed by atoms with Crippen LogP contribution >= 0.6 is 0 Å². The van der Waals surface area contributed by atoms with Crippen molar-refractivity contribution in [3.05, 3.63) is 42.5 Å². The Bertz CT molecular complexity index is 1000. The first-order chi connectivity index (χ1) is 14.4. The van der Waals surface area contributed by atoms with Crippen molar-refractivity contribution in [3.63, 3.8) is 0 Å². The molecule has 1 N–H and O–H groups in total. The highest BCUT2D eigenvalue weighted by atomic mass is 32.2. The molecule has 1 aliphatic carbocycles. The topological polar surface area (TPSA) is 69.7 Å². The molecule has 2 fully saturated rings. The molecule has 1 amide bonds. The summed E-state index contributed by atoms with van der Waals surface area (Å²) in [5.74, 6) is 0.589. The van der Waals surface area contributed by atoms with Gasteiger partial charge in [0.05, 0.1) is 11.4 Å². The highest BCUT2D eigenvalue weighted by Gasteiger charge is 2.30. The van der Waals surface area contributed by atoms with Crippen LogP contribution in [0.5, 0.6) is 0 Å². The van der Waals surface area contributed by atoms with Gasteiger partial charge in [0.2, 0.25) is 15.9 Å². The molecule has 162 valence electrons. The maximum Gasteiger partial charge on any atom is 0.243 e. The van der Waals surface area contributed by atoms with Crippen LogP contribution in [-0.4, -0.2) is 62.3 Å². The van der Waals surface area contributed by atoms with Crippen LogP contribution in [0.25, 0.3) is 10.8 Å². The minimum atomic E-state index is -3.53. The zero-order valence-electron chi connectivity index (χ0n) is 17.6. The van der Waals surface area contributed by atoms with Gasteiger partial charge in [0.25, 0.3) is 0 Å². The lowest BCUT2D eigenvalue weighted by molar-refractivity contribution is -0.123. The fraction of sp³-hybridized carbons (Fsp3) is 0.522. The van der Waals surface area contributed by atoms with Gasteiger partial charge in [-0.2, -0.15) is 4.31 Å². The van der Waals surface area contributed by atoms with Gasteiger partial charge in [-0.15, -0.1) is 0 Å². The average molecular weight is 430 g/mol. The summed E-state index contributed by atoms with van der Waals surface area (Å²) < 4.78 is 27.7. The van der Waals surface area contributed by atoms with E-state index in [4.69, 9.17) is 0 Å². The summed E-state index contributed by atoms with van der Waals surface area (Å²) in [5.41, 5.74) is 0. The summed E-state index contributed by atoms with van der Waals surface area (Å²) >= 11 is 0. The lowest BCUT2D eigenvalue weighted by Gasteiger charge is -2.34. The van der Waals surface area contributed by atoms with E-state index >= 15 is 0 Å². The van der Waals surface area contributed by atoms with Crippen molar-refractivity contribution in [2.45, 2.75) is 43.5 Å². The van der Waals surface area contributed by atoms with Crippen LogP contribution in [0.2, 0.25) is 0 Å². The number of nitrogens with one attached hydrogen (secondary N) is 1. The van der Waals surface area contributed by atoms with Crippen LogP contribution in [0.1, 0.15) is 32.6 Å². The molecule has 0 spiro atoms. The van der Waals surface area contributed by atoms with Gasteiger partial charge in [-0.25, -0.2) is 8.42 Å². The third-order valence-electron chi connectivity index (χ3n) is 6.52. The lowest BCUT2D eigenvalue weighted by atomic mass is 9.86. The van der Waals surface area contributed by atoms with Gasteiger partial charge in [-0.05, 0) is 41.7 Å². The molecule has 4 rings (SSSR count). The van der Waals surface area contributed by atoms with Crippen molar-refractivity contribution in [2.75, 3.05) is 32.7 Å². The molecule has 1 saturated carbocycles. The molecule has 7 heteroatoms. The van der Waals surface area contributed by atoms with E-state index in [-0.39, 0.29) is 11.9 Å². The number of hydrogen-bond acceptors (Lipinski definition) is 4. The van der Waals surface area contributed by atoms with E-state index in [1.807, 2.05) is 30.3 Å². The normalized spacial score (nSPS) is 24.0.